The van der Waals surface area contributed by atoms with Crippen molar-refractivity contribution >= 4 is 5.91 Å². The van der Waals surface area contributed by atoms with Crippen LogP contribution in [0.2, 0.25) is 0 Å². The van der Waals surface area contributed by atoms with Crippen LogP contribution in [-0.2, 0) is 33.2 Å². The van der Waals surface area contributed by atoms with Crippen molar-refractivity contribution in [2.45, 2.75) is 503 Å². The van der Waals surface area contributed by atoms with Crippen molar-refractivity contribution in [3.8, 4) is 0 Å². The van der Waals surface area contributed by atoms with Crippen LogP contribution in [0.3, 0.4) is 0 Å². The van der Waals surface area contributed by atoms with Crippen LogP contribution in [0.4, 0.5) is 0 Å². The lowest BCUT2D eigenvalue weighted by atomic mass is 9.96. The van der Waals surface area contributed by atoms with Gasteiger partial charge in [-0.25, -0.2) is 0 Å². The number of hydrogen-bond donors (Lipinski definition) is 12. The van der Waals surface area contributed by atoms with Gasteiger partial charge >= 0.3 is 0 Å². The highest BCUT2D eigenvalue weighted by molar-refractivity contribution is 5.76. The quantitative estimate of drug-likeness (QED) is 0.0199. The van der Waals surface area contributed by atoms with E-state index in [1.54, 1.807) is 0 Å². The number of carbonyl (C=O) groups excluding carboxylic acids is 1. The summed E-state index contributed by atoms with van der Waals surface area (Å²) < 4.78 is 34.6. The van der Waals surface area contributed by atoms with Crippen molar-refractivity contribution in [2.24, 2.45) is 0 Å². The van der Waals surface area contributed by atoms with E-state index < -0.39 is 124 Å². The molecule has 3 aliphatic heterocycles. The number of unbranched alkanes of at least 4 members (excludes halogenated alkanes) is 53. The van der Waals surface area contributed by atoms with Crippen LogP contribution in [0.1, 0.15) is 399 Å². The minimum absolute atomic E-state index is 0.235. The summed E-state index contributed by atoms with van der Waals surface area (Å²) in [6.07, 6.45) is 62.5. The van der Waals surface area contributed by atoms with Crippen LogP contribution in [0.5, 0.6) is 0 Å². The van der Waals surface area contributed by atoms with E-state index in [9.17, 15) is 61.0 Å². The van der Waals surface area contributed by atoms with E-state index in [1.165, 1.54) is 308 Å². The fraction of sp³-hybridized carbons (Fsp3) is 0.922. The molecule has 109 heavy (non-hydrogen) atoms. The number of rotatable bonds is 75. The Bertz CT molecular complexity index is 2100. The second-order valence-corrected chi connectivity index (χ2v) is 32.8. The van der Waals surface area contributed by atoms with E-state index in [-0.39, 0.29) is 18.9 Å². The Hall–Kier alpha value is -1.99. The largest absolute Gasteiger partial charge is 0.394 e. The summed E-state index contributed by atoms with van der Waals surface area (Å²) in [6.45, 7) is 1.86. The Labute approximate surface area is 663 Å². The predicted molar refractivity (Wildman–Crippen MR) is 439 cm³/mol. The minimum atomic E-state index is -1.97. The summed E-state index contributed by atoms with van der Waals surface area (Å²) >= 11 is 0. The zero-order chi connectivity index (χ0) is 78.8. The lowest BCUT2D eigenvalue weighted by molar-refractivity contribution is -0.379. The van der Waals surface area contributed by atoms with Gasteiger partial charge in [-0.3, -0.25) is 4.79 Å². The molecule has 0 aliphatic carbocycles. The normalized spacial score (nSPS) is 25.4. The Balaban J connectivity index is 1.32. The van der Waals surface area contributed by atoms with Crippen LogP contribution >= 0.6 is 0 Å². The van der Waals surface area contributed by atoms with Crippen LogP contribution < -0.4 is 5.32 Å². The fourth-order valence-corrected chi connectivity index (χ4v) is 15.7. The van der Waals surface area contributed by atoms with Gasteiger partial charge in [-0.15, -0.1) is 0 Å². The standard InChI is InChI=1S/C90H169NO18/c1-3-5-7-9-11-13-15-17-19-21-23-25-27-29-31-33-35-36-38-40-42-44-46-48-50-52-54-56-58-60-62-64-66-68-78(96)91-73(74(95)67-65-63-61-59-57-55-53-51-49-47-45-43-41-39-37-34-32-30-28-26-24-22-20-18-16-14-12-10-8-6-4-2)72-104-88-84(102)81(99)86(76(70-93)106-88)109-90-85(103)82(100)87(77(71-94)107-90)108-89-83(101)80(98)79(97)75(69-92)105-89/h15,17,21,23,27,29,73-77,79-90,92-95,97-103H,3-14,16,18-20,22,24-26,28,30-72H2,1-2H3,(H,91,96)/b17-15-,23-21-,29-27-. The summed E-state index contributed by atoms with van der Waals surface area (Å²) in [5, 5.41) is 121. The summed E-state index contributed by atoms with van der Waals surface area (Å²) in [7, 11) is 0. The maximum absolute atomic E-state index is 13.5. The SMILES string of the molecule is CCCCCCC/C=C\C/C=C\C/C=C\CCCCCCCCCCCCCCCCCCCCC(=O)NC(COC1OC(CO)C(OC2OC(CO)C(OC3OC(CO)C(O)C(O)C3O)C(O)C2O)C(O)C1O)C(O)CCCCCCCCCCCCCCCCCCCCCCCCCCCCCCCCC. The molecule has 0 aromatic rings. The molecule has 0 bridgehead atoms. The van der Waals surface area contributed by atoms with Gasteiger partial charge in [-0.2, -0.15) is 0 Å². The molecule has 3 saturated heterocycles. The molecule has 0 aromatic carbocycles. The number of ether oxygens (including phenoxy) is 6. The zero-order valence-electron chi connectivity index (χ0n) is 69.3. The molecular weight excluding hydrogens is 1380 g/mol. The first kappa shape index (κ1) is 101. The van der Waals surface area contributed by atoms with Gasteiger partial charge in [0.15, 0.2) is 18.9 Å². The molecule has 1 amide bonds. The number of carbonyl (C=O) groups is 1. The van der Waals surface area contributed by atoms with Gasteiger partial charge < -0.3 is 89.9 Å². The first-order valence-electron chi connectivity index (χ1n) is 45.7. The number of aliphatic hydroxyl groups is 11. The Morgan fingerprint density at radius 2 is 0.606 bits per heavy atom. The molecule has 3 fully saturated rings. The third-order valence-electron chi connectivity index (χ3n) is 23.0. The second-order valence-electron chi connectivity index (χ2n) is 32.8. The van der Waals surface area contributed by atoms with E-state index in [0.29, 0.717) is 12.8 Å². The lowest BCUT2D eigenvalue weighted by Gasteiger charge is -2.48. The van der Waals surface area contributed by atoms with Gasteiger partial charge in [0.1, 0.15) is 73.2 Å². The number of amides is 1. The van der Waals surface area contributed by atoms with E-state index in [2.05, 4.69) is 55.6 Å². The molecule has 642 valence electrons. The van der Waals surface area contributed by atoms with Crippen molar-refractivity contribution in [3.05, 3.63) is 36.5 Å². The molecule has 0 aromatic heterocycles. The van der Waals surface area contributed by atoms with Gasteiger partial charge in [0.2, 0.25) is 5.91 Å². The van der Waals surface area contributed by atoms with E-state index >= 15 is 0 Å². The van der Waals surface area contributed by atoms with Crippen molar-refractivity contribution in [3.63, 3.8) is 0 Å². The molecule has 3 aliphatic rings. The summed E-state index contributed by atoms with van der Waals surface area (Å²) in [5.74, 6) is -0.235. The molecule has 0 radical (unpaired) electrons. The fourth-order valence-electron chi connectivity index (χ4n) is 15.7. The van der Waals surface area contributed by atoms with Crippen molar-refractivity contribution in [2.75, 3.05) is 26.4 Å². The van der Waals surface area contributed by atoms with Crippen LogP contribution in [-0.4, -0.2) is 193 Å². The molecule has 0 spiro atoms. The van der Waals surface area contributed by atoms with Crippen LogP contribution in [0.15, 0.2) is 36.5 Å². The number of nitrogens with one attached hydrogen (secondary N) is 1. The summed E-state index contributed by atoms with van der Waals surface area (Å²) in [4.78, 5) is 13.5. The Kier molecular flexibility index (Phi) is 65.2. The minimum Gasteiger partial charge on any atom is -0.394 e. The average Bonchev–Trinajstić information content (AvgIpc) is 0.782. The molecule has 17 atom stereocenters. The maximum atomic E-state index is 13.5. The summed E-state index contributed by atoms with van der Waals surface area (Å²) in [6, 6.07) is -0.889. The van der Waals surface area contributed by atoms with Gasteiger partial charge in [0.25, 0.3) is 0 Å². The average molecular weight is 1550 g/mol. The van der Waals surface area contributed by atoms with E-state index in [1.807, 2.05) is 0 Å². The molecule has 17 unspecified atom stereocenters. The maximum Gasteiger partial charge on any atom is 0.220 e. The van der Waals surface area contributed by atoms with Crippen LogP contribution in [0, 0.1) is 0 Å². The molecule has 19 heteroatoms. The second kappa shape index (κ2) is 70.2. The van der Waals surface area contributed by atoms with Gasteiger partial charge in [-0.05, 0) is 51.4 Å². The predicted octanol–water partition coefficient (Wildman–Crippen LogP) is 17.4. The molecular formula is C90H169NO18. The van der Waals surface area contributed by atoms with Crippen molar-refractivity contribution in [1.82, 2.24) is 5.32 Å². The number of allylic oxidation sites excluding steroid dienone is 6. The monoisotopic (exact) mass is 1550 g/mol. The lowest BCUT2D eigenvalue weighted by Crippen LogP contribution is -2.66. The highest BCUT2D eigenvalue weighted by atomic mass is 16.8. The van der Waals surface area contributed by atoms with E-state index in [4.69, 9.17) is 28.4 Å². The molecule has 3 rings (SSSR count). The highest BCUT2D eigenvalue weighted by Crippen LogP contribution is 2.34. The molecule has 12 N–H and O–H groups in total. The Morgan fingerprint density at radius 3 is 0.945 bits per heavy atom. The van der Waals surface area contributed by atoms with Gasteiger partial charge in [0.05, 0.1) is 38.6 Å². The smallest absolute Gasteiger partial charge is 0.220 e. The van der Waals surface area contributed by atoms with E-state index in [0.717, 1.165) is 57.8 Å². The molecule has 3 heterocycles. The molecule has 0 saturated carbocycles. The zero-order valence-corrected chi connectivity index (χ0v) is 69.3. The third kappa shape index (κ3) is 49.0. The number of aliphatic hydroxyl groups excluding tert-OH is 11. The van der Waals surface area contributed by atoms with Crippen LogP contribution in [0.25, 0.3) is 0 Å². The van der Waals surface area contributed by atoms with Gasteiger partial charge in [0, 0.05) is 6.42 Å². The third-order valence-corrected chi connectivity index (χ3v) is 23.0. The van der Waals surface area contributed by atoms with Crippen molar-refractivity contribution < 1.29 is 89.4 Å². The first-order chi connectivity index (χ1) is 53.3. The topological polar surface area (TPSA) is 307 Å². The Morgan fingerprint density at radius 1 is 0.330 bits per heavy atom. The van der Waals surface area contributed by atoms with Gasteiger partial charge in [-0.1, -0.05) is 378 Å². The summed E-state index contributed by atoms with van der Waals surface area (Å²) in [5.41, 5.74) is 0. The highest BCUT2D eigenvalue weighted by Gasteiger charge is 2.54. The molecule has 19 nitrogen and oxygen atoms in total. The van der Waals surface area contributed by atoms with Crippen molar-refractivity contribution in [1.29, 1.82) is 0 Å². The first-order valence-corrected chi connectivity index (χ1v) is 45.7. The number of hydrogen-bond acceptors (Lipinski definition) is 18.